The Morgan fingerprint density at radius 3 is 2.63 bits per heavy atom. The number of pyridine rings is 1. The molecule has 0 saturated carbocycles. The van der Waals surface area contributed by atoms with Crippen molar-refractivity contribution in [3.63, 3.8) is 0 Å². The Bertz CT molecular complexity index is 899. The summed E-state index contributed by atoms with van der Waals surface area (Å²) in [5, 5.41) is 15.3. The second-order valence-corrected chi connectivity index (χ2v) is 8.81. The van der Waals surface area contributed by atoms with Crippen molar-refractivity contribution in [1.82, 2.24) is 15.4 Å². The molecule has 0 bridgehead atoms. The van der Waals surface area contributed by atoms with Crippen molar-refractivity contribution < 1.29 is 10.0 Å². The van der Waals surface area contributed by atoms with E-state index in [1.807, 2.05) is 30.3 Å². The summed E-state index contributed by atoms with van der Waals surface area (Å²) >= 11 is 0. The molecule has 1 amide bonds. The third-order valence-electron chi connectivity index (χ3n) is 6.56. The number of amides is 1. The molecule has 160 valence electrons. The maximum Gasteiger partial charge on any atom is 0.251 e. The maximum absolute atomic E-state index is 13.0. The second-order valence-electron chi connectivity index (χ2n) is 8.81. The molecule has 30 heavy (non-hydrogen) atoms. The van der Waals surface area contributed by atoms with E-state index in [4.69, 9.17) is 0 Å². The number of rotatable bonds is 6. The third kappa shape index (κ3) is 4.18. The summed E-state index contributed by atoms with van der Waals surface area (Å²) in [7, 11) is 0. The molecule has 1 aromatic heterocycles. The number of hydrogen-bond donors (Lipinski definition) is 2. The van der Waals surface area contributed by atoms with Gasteiger partial charge in [-0.05, 0) is 42.4 Å². The molecule has 2 aromatic rings. The zero-order chi connectivity index (χ0) is 21.9. The highest BCUT2D eigenvalue weighted by molar-refractivity contribution is 5.95. The highest BCUT2D eigenvalue weighted by atomic mass is 16.5. The monoisotopic (exact) mass is 407 g/mol. The van der Waals surface area contributed by atoms with Gasteiger partial charge in [-0.2, -0.15) is 5.06 Å². The molecule has 1 unspecified atom stereocenters. The van der Waals surface area contributed by atoms with Gasteiger partial charge in [0.2, 0.25) is 0 Å². The molecule has 1 saturated heterocycles. The summed E-state index contributed by atoms with van der Waals surface area (Å²) in [5.74, 6) is 0.433. The van der Waals surface area contributed by atoms with E-state index in [0.717, 1.165) is 29.7 Å². The van der Waals surface area contributed by atoms with Crippen molar-refractivity contribution in [3.8, 4) is 11.3 Å². The van der Waals surface area contributed by atoms with Gasteiger partial charge in [0.25, 0.3) is 5.91 Å². The first kappa shape index (κ1) is 22.2. The topological polar surface area (TPSA) is 65.5 Å². The standard InChI is InChI=1S/C25H33N3O2/c1-6-19-9-7-8-10-22(19)23-15-20(11-13-26-23)24(29)27-21-12-14-28(30)25(16-21,17(2)3)18(4)5/h6-11,13,15,17-18,21,30H,1,12,14,16H2,2-5H3,(H,27,29). The van der Waals surface area contributed by atoms with Crippen LogP contribution in [0.3, 0.4) is 0 Å². The molecule has 0 spiro atoms. The predicted octanol–water partition coefficient (Wildman–Crippen LogP) is 5.03. The number of benzene rings is 1. The lowest BCUT2D eigenvalue weighted by Crippen LogP contribution is -2.62. The van der Waals surface area contributed by atoms with E-state index in [2.05, 4.69) is 44.6 Å². The maximum atomic E-state index is 13.0. The summed E-state index contributed by atoms with van der Waals surface area (Å²) in [5.41, 5.74) is 2.93. The van der Waals surface area contributed by atoms with Gasteiger partial charge in [0.15, 0.2) is 0 Å². The zero-order valence-corrected chi connectivity index (χ0v) is 18.4. The van der Waals surface area contributed by atoms with Crippen LogP contribution in [-0.4, -0.2) is 39.3 Å². The minimum Gasteiger partial charge on any atom is -0.349 e. The number of carbonyl (C=O) groups is 1. The van der Waals surface area contributed by atoms with Gasteiger partial charge in [-0.3, -0.25) is 9.78 Å². The van der Waals surface area contributed by atoms with E-state index < -0.39 is 0 Å². The Morgan fingerprint density at radius 2 is 1.97 bits per heavy atom. The van der Waals surface area contributed by atoms with Gasteiger partial charge < -0.3 is 10.5 Å². The fourth-order valence-corrected chi connectivity index (χ4v) is 4.84. The van der Waals surface area contributed by atoms with Crippen molar-refractivity contribution in [2.45, 2.75) is 52.1 Å². The van der Waals surface area contributed by atoms with Crippen molar-refractivity contribution >= 4 is 12.0 Å². The Balaban J connectivity index is 1.81. The highest BCUT2D eigenvalue weighted by Gasteiger charge is 2.47. The Morgan fingerprint density at radius 1 is 1.27 bits per heavy atom. The fraction of sp³-hybridized carbons (Fsp3) is 0.440. The summed E-state index contributed by atoms with van der Waals surface area (Å²) in [4.78, 5) is 17.5. The fourth-order valence-electron chi connectivity index (χ4n) is 4.84. The minimum atomic E-state index is -0.345. The Kier molecular flexibility index (Phi) is 6.74. The first-order valence-electron chi connectivity index (χ1n) is 10.7. The lowest BCUT2D eigenvalue weighted by atomic mass is 9.70. The molecule has 1 aromatic carbocycles. The van der Waals surface area contributed by atoms with Crippen LogP contribution in [0.1, 0.15) is 56.5 Å². The zero-order valence-electron chi connectivity index (χ0n) is 18.4. The van der Waals surface area contributed by atoms with Crippen molar-refractivity contribution in [2.75, 3.05) is 6.54 Å². The van der Waals surface area contributed by atoms with Crippen LogP contribution in [0.2, 0.25) is 0 Å². The molecule has 1 aliphatic heterocycles. The molecule has 0 radical (unpaired) electrons. The first-order valence-corrected chi connectivity index (χ1v) is 10.7. The molecule has 2 heterocycles. The molecule has 3 rings (SSSR count). The van der Waals surface area contributed by atoms with Crippen molar-refractivity contribution in [1.29, 1.82) is 0 Å². The van der Waals surface area contributed by atoms with Crippen LogP contribution in [-0.2, 0) is 0 Å². The number of hydrogen-bond acceptors (Lipinski definition) is 4. The number of hydroxylamine groups is 2. The van der Waals surface area contributed by atoms with Crippen LogP contribution >= 0.6 is 0 Å². The quantitative estimate of drug-likeness (QED) is 0.705. The minimum absolute atomic E-state index is 0.0165. The predicted molar refractivity (Wildman–Crippen MR) is 121 cm³/mol. The van der Waals surface area contributed by atoms with E-state index in [0.29, 0.717) is 12.1 Å². The Labute approximate surface area is 179 Å². The second kappa shape index (κ2) is 9.11. The van der Waals surface area contributed by atoms with Crippen molar-refractivity contribution in [3.05, 3.63) is 60.3 Å². The number of nitrogens with one attached hydrogen (secondary N) is 1. The molecular weight excluding hydrogens is 374 g/mol. The van der Waals surface area contributed by atoms with Crippen LogP contribution in [0.15, 0.2) is 49.2 Å². The van der Waals surface area contributed by atoms with Crippen molar-refractivity contribution in [2.24, 2.45) is 11.8 Å². The first-order chi connectivity index (χ1) is 14.3. The lowest BCUT2D eigenvalue weighted by molar-refractivity contribution is -0.226. The third-order valence-corrected chi connectivity index (χ3v) is 6.56. The normalized spacial score (nSPS) is 19.1. The molecule has 5 nitrogen and oxygen atoms in total. The van der Waals surface area contributed by atoms with Gasteiger partial charge in [0, 0.05) is 29.9 Å². The summed E-state index contributed by atoms with van der Waals surface area (Å²) in [6.07, 6.45) is 4.92. The number of aromatic nitrogens is 1. The van der Waals surface area contributed by atoms with E-state index in [9.17, 15) is 10.0 Å². The molecule has 5 heteroatoms. The summed E-state index contributed by atoms with van der Waals surface area (Å²) < 4.78 is 0. The van der Waals surface area contributed by atoms with Gasteiger partial charge in [-0.25, -0.2) is 0 Å². The summed E-state index contributed by atoms with van der Waals surface area (Å²) in [6.45, 7) is 13.0. The number of carbonyl (C=O) groups excluding carboxylic acids is 1. The average Bonchev–Trinajstić information content (AvgIpc) is 2.74. The van der Waals surface area contributed by atoms with Crippen LogP contribution in [0, 0.1) is 11.8 Å². The van der Waals surface area contributed by atoms with Crippen LogP contribution < -0.4 is 5.32 Å². The summed E-state index contributed by atoms with van der Waals surface area (Å²) in [6, 6.07) is 11.5. The smallest absolute Gasteiger partial charge is 0.251 e. The van der Waals surface area contributed by atoms with Gasteiger partial charge in [-0.15, -0.1) is 0 Å². The van der Waals surface area contributed by atoms with E-state index in [-0.39, 0.29) is 29.3 Å². The van der Waals surface area contributed by atoms with Gasteiger partial charge in [0.1, 0.15) is 0 Å². The van der Waals surface area contributed by atoms with Crippen LogP contribution in [0.4, 0.5) is 0 Å². The van der Waals surface area contributed by atoms with Crippen LogP contribution in [0.5, 0.6) is 0 Å². The lowest BCUT2D eigenvalue weighted by Gasteiger charge is -2.52. The molecule has 1 fully saturated rings. The van der Waals surface area contributed by atoms with Gasteiger partial charge in [0.05, 0.1) is 11.2 Å². The molecule has 0 aliphatic carbocycles. The average molecular weight is 408 g/mol. The molecular formula is C25H33N3O2. The van der Waals surface area contributed by atoms with Crippen LogP contribution in [0.25, 0.3) is 17.3 Å². The molecule has 1 aliphatic rings. The highest BCUT2D eigenvalue weighted by Crippen LogP contribution is 2.39. The van der Waals surface area contributed by atoms with E-state index in [1.165, 1.54) is 5.06 Å². The van der Waals surface area contributed by atoms with E-state index >= 15 is 0 Å². The van der Waals surface area contributed by atoms with Gasteiger partial charge >= 0.3 is 0 Å². The van der Waals surface area contributed by atoms with Gasteiger partial charge in [-0.1, -0.05) is 64.6 Å². The van der Waals surface area contributed by atoms with E-state index in [1.54, 1.807) is 18.3 Å². The Hall–Kier alpha value is -2.50. The largest absolute Gasteiger partial charge is 0.349 e. The molecule has 1 atom stereocenters. The number of nitrogens with zero attached hydrogens (tertiary/aromatic N) is 2. The SMILES string of the molecule is C=Cc1ccccc1-c1cc(C(=O)NC2CCN(O)C(C(C)C)(C(C)C)C2)ccn1. The molecule has 2 N–H and O–H groups in total. The number of piperidine rings is 1.